The van der Waals surface area contributed by atoms with Gasteiger partial charge in [-0.1, -0.05) is 23.8 Å². The van der Waals surface area contributed by atoms with Gasteiger partial charge in [0.2, 0.25) is 11.8 Å². The predicted molar refractivity (Wildman–Crippen MR) is 81.8 cm³/mol. The number of carbonyl (C=O) groups excluding carboxylic acids is 2. The summed E-state index contributed by atoms with van der Waals surface area (Å²) in [5, 5.41) is 2.71. The molecule has 0 radical (unpaired) electrons. The zero-order valence-corrected chi connectivity index (χ0v) is 12.4. The molecule has 1 aromatic carbocycles. The number of hydrogen-bond acceptors (Lipinski definition) is 2. The van der Waals surface area contributed by atoms with E-state index in [2.05, 4.69) is 11.9 Å². The summed E-state index contributed by atoms with van der Waals surface area (Å²) in [6, 6.07) is 5.92. The molecule has 20 heavy (non-hydrogen) atoms. The number of hydrogen-bond donors (Lipinski definition) is 1. The minimum absolute atomic E-state index is 0.0616. The van der Waals surface area contributed by atoms with Crippen LogP contribution in [-0.4, -0.2) is 24.9 Å². The first kappa shape index (κ1) is 16.0. The highest BCUT2D eigenvalue weighted by Gasteiger charge is 2.15. The molecule has 0 aliphatic rings. The maximum Gasteiger partial charge on any atom is 0.223 e. The first-order valence-corrected chi connectivity index (χ1v) is 6.68. The van der Waals surface area contributed by atoms with E-state index >= 15 is 0 Å². The predicted octanol–water partition coefficient (Wildman–Crippen LogP) is 2.35. The number of nitrogens with zero attached hydrogens (tertiary/aromatic N) is 1. The topological polar surface area (TPSA) is 49.4 Å². The largest absolute Gasteiger partial charge is 0.353 e. The Labute approximate surface area is 120 Å². The third kappa shape index (κ3) is 4.53. The van der Waals surface area contributed by atoms with Gasteiger partial charge in [0.15, 0.2) is 0 Å². The molecule has 0 heterocycles. The number of carbonyl (C=O) groups is 2. The lowest BCUT2D eigenvalue weighted by molar-refractivity contribution is -0.120. The van der Waals surface area contributed by atoms with E-state index in [1.807, 2.05) is 32.0 Å². The third-order valence-corrected chi connectivity index (χ3v) is 3.03. The monoisotopic (exact) mass is 274 g/mol. The summed E-state index contributed by atoms with van der Waals surface area (Å²) in [4.78, 5) is 25.0. The molecule has 0 fully saturated rings. The van der Waals surface area contributed by atoms with Gasteiger partial charge < -0.3 is 10.2 Å². The lowest BCUT2D eigenvalue weighted by Crippen LogP contribution is -2.34. The Morgan fingerprint density at radius 1 is 1.35 bits per heavy atom. The van der Waals surface area contributed by atoms with Crippen molar-refractivity contribution in [3.05, 3.63) is 42.0 Å². The number of benzene rings is 1. The summed E-state index contributed by atoms with van der Waals surface area (Å²) in [6.45, 7) is 9.86. The fraction of sp³-hybridized carbons (Fsp3) is 0.375. The summed E-state index contributed by atoms with van der Waals surface area (Å²) < 4.78 is 0. The Hall–Kier alpha value is -2.10. The van der Waals surface area contributed by atoms with Crippen LogP contribution < -0.4 is 10.2 Å². The molecule has 0 atom stereocenters. The average Bonchev–Trinajstić information content (AvgIpc) is 2.38. The van der Waals surface area contributed by atoms with Crippen LogP contribution in [0.2, 0.25) is 0 Å². The molecule has 4 heteroatoms. The van der Waals surface area contributed by atoms with Gasteiger partial charge in [-0.3, -0.25) is 9.59 Å². The van der Waals surface area contributed by atoms with Gasteiger partial charge in [0.25, 0.3) is 0 Å². The van der Waals surface area contributed by atoms with Crippen molar-refractivity contribution in [2.45, 2.75) is 27.2 Å². The minimum Gasteiger partial charge on any atom is -0.353 e. The number of amides is 2. The molecule has 0 bridgehead atoms. The smallest absolute Gasteiger partial charge is 0.223 e. The second-order valence-electron chi connectivity index (χ2n) is 4.80. The molecule has 0 aliphatic carbocycles. The van der Waals surface area contributed by atoms with Crippen molar-refractivity contribution < 1.29 is 9.59 Å². The van der Waals surface area contributed by atoms with Gasteiger partial charge in [-0.2, -0.15) is 0 Å². The van der Waals surface area contributed by atoms with Crippen molar-refractivity contribution in [2.75, 3.05) is 18.0 Å². The molecular weight excluding hydrogens is 252 g/mol. The van der Waals surface area contributed by atoms with Crippen LogP contribution in [0.15, 0.2) is 30.9 Å². The quantitative estimate of drug-likeness (QED) is 0.810. The maximum atomic E-state index is 11.8. The maximum absolute atomic E-state index is 11.8. The number of aryl methyl sites for hydroxylation is 2. The van der Waals surface area contributed by atoms with Gasteiger partial charge in [0.05, 0.1) is 0 Å². The molecular formula is C16H22N2O2. The van der Waals surface area contributed by atoms with E-state index in [1.165, 1.54) is 6.92 Å². The highest BCUT2D eigenvalue weighted by Crippen LogP contribution is 2.21. The molecule has 0 saturated carbocycles. The van der Waals surface area contributed by atoms with Crippen LogP contribution in [-0.2, 0) is 9.59 Å². The lowest BCUT2D eigenvalue weighted by atomic mass is 10.1. The van der Waals surface area contributed by atoms with Gasteiger partial charge in [0, 0.05) is 32.1 Å². The fourth-order valence-electron chi connectivity index (χ4n) is 2.04. The summed E-state index contributed by atoms with van der Waals surface area (Å²) in [5.74, 6) is -0.144. The highest BCUT2D eigenvalue weighted by molar-refractivity contribution is 5.93. The first-order chi connectivity index (χ1) is 9.45. The number of nitrogens with one attached hydrogen (secondary N) is 1. The van der Waals surface area contributed by atoms with Crippen molar-refractivity contribution in [1.29, 1.82) is 0 Å². The summed E-state index contributed by atoms with van der Waals surface area (Å²) in [6.07, 6.45) is 1.91. The van der Waals surface area contributed by atoms with Crippen LogP contribution in [0.3, 0.4) is 0 Å². The number of anilines is 1. The van der Waals surface area contributed by atoms with Crippen molar-refractivity contribution >= 4 is 17.5 Å². The Morgan fingerprint density at radius 3 is 2.60 bits per heavy atom. The lowest BCUT2D eigenvalue weighted by Gasteiger charge is -2.23. The normalized spacial score (nSPS) is 9.95. The van der Waals surface area contributed by atoms with E-state index in [1.54, 1.807) is 11.0 Å². The van der Waals surface area contributed by atoms with Crippen LogP contribution in [0.25, 0.3) is 0 Å². The van der Waals surface area contributed by atoms with Crippen molar-refractivity contribution in [3.63, 3.8) is 0 Å². The minimum atomic E-state index is -0.0825. The summed E-state index contributed by atoms with van der Waals surface area (Å²) in [5.41, 5.74) is 3.05. The van der Waals surface area contributed by atoms with Crippen LogP contribution in [0.4, 0.5) is 5.69 Å². The van der Waals surface area contributed by atoms with Crippen molar-refractivity contribution in [1.82, 2.24) is 5.32 Å². The number of rotatable bonds is 6. The van der Waals surface area contributed by atoms with Crippen LogP contribution in [0.1, 0.15) is 24.5 Å². The molecule has 1 rings (SSSR count). The Bertz CT molecular complexity index is 509. The molecule has 0 saturated heterocycles. The molecule has 1 N–H and O–H groups in total. The van der Waals surface area contributed by atoms with E-state index in [-0.39, 0.29) is 18.2 Å². The highest BCUT2D eigenvalue weighted by atomic mass is 16.2. The van der Waals surface area contributed by atoms with Gasteiger partial charge in [-0.05, 0) is 25.5 Å². The second-order valence-corrected chi connectivity index (χ2v) is 4.80. The van der Waals surface area contributed by atoms with Gasteiger partial charge >= 0.3 is 0 Å². The second kappa shape index (κ2) is 7.48. The van der Waals surface area contributed by atoms with Crippen LogP contribution >= 0.6 is 0 Å². The van der Waals surface area contributed by atoms with E-state index in [4.69, 9.17) is 0 Å². The fourth-order valence-corrected chi connectivity index (χ4v) is 2.04. The van der Waals surface area contributed by atoms with E-state index < -0.39 is 0 Å². The Balaban J connectivity index is 2.77. The Morgan fingerprint density at radius 2 is 2.05 bits per heavy atom. The summed E-state index contributed by atoms with van der Waals surface area (Å²) in [7, 11) is 0. The SMILES string of the molecule is C=CCNC(=O)CCN(C(C)=O)c1ccc(C)cc1C. The molecule has 2 amide bonds. The Kier molecular flexibility index (Phi) is 5.97. The summed E-state index contributed by atoms with van der Waals surface area (Å²) >= 11 is 0. The van der Waals surface area contributed by atoms with Gasteiger partial charge in [-0.15, -0.1) is 6.58 Å². The molecule has 4 nitrogen and oxygen atoms in total. The van der Waals surface area contributed by atoms with Gasteiger partial charge in [-0.25, -0.2) is 0 Å². The third-order valence-electron chi connectivity index (χ3n) is 3.03. The van der Waals surface area contributed by atoms with Crippen LogP contribution in [0.5, 0.6) is 0 Å². The van der Waals surface area contributed by atoms with E-state index in [0.717, 1.165) is 16.8 Å². The molecule has 0 aromatic heterocycles. The molecule has 0 unspecified atom stereocenters. The molecule has 0 aliphatic heterocycles. The standard InChI is InChI=1S/C16H22N2O2/c1-5-9-17-16(20)8-10-18(14(4)19)15-7-6-12(2)11-13(15)3/h5-7,11H,1,8-10H2,2-4H3,(H,17,20). The van der Waals surface area contributed by atoms with E-state index in [0.29, 0.717) is 13.1 Å². The molecule has 0 spiro atoms. The van der Waals surface area contributed by atoms with Crippen molar-refractivity contribution in [2.24, 2.45) is 0 Å². The van der Waals surface area contributed by atoms with Crippen molar-refractivity contribution in [3.8, 4) is 0 Å². The first-order valence-electron chi connectivity index (χ1n) is 6.68. The average molecular weight is 274 g/mol. The molecule has 108 valence electrons. The molecule has 1 aromatic rings. The zero-order valence-electron chi connectivity index (χ0n) is 12.4. The van der Waals surface area contributed by atoms with E-state index in [9.17, 15) is 9.59 Å². The zero-order chi connectivity index (χ0) is 15.1. The van der Waals surface area contributed by atoms with Crippen LogP contribution in [0, 0.1) is 13.8 Å². The van der Waals surface area contributed by atoms with Gasteiger partial charge in [0.1, 0.15) is 0 Å².